The van der Waals surface area contributed by atoms with Gasteiger partial charge in [-0.3, -0.25) is 9.78 Å². The molecule has 3 aromatic rings. The number of nitrogens with zero attached hydrogens (tertiary/aromatic N) is 4. The minimum atomic E-state index is -0.333. The van der Waals surface area contributed by atoms with Crippen LogP contribution in [0.1, 0.15) is 31.4 Å². The molecular formula is C23H29N5O2S. The number of anilines is 1. The highest BCUT2D eigenvalue weighted by Crippen LogP contribution is 2.28. The third kappa shape index (κ3) is 6.15. The van der Waals surface area contributed by atoms with E-state index in [1.54, 1.807) is 12.4 Å². The third-order valence-corrected chi connectivity index (χ3v) is 5.91. The SMILES string of the molecule is CCOCCCn1c(S[C@H](C)C(=O)Nc2cc(C)ccc2C)nnc1-c1ccncc1. The molecule has 0 radical (unpaired) electrons. The summed E-state index contributed by atoms with van der Waals surface area (Å²) in [5.74, 6) is 0.705. The van der Waals surface area contributed by atoms with E-state index in [0.717, 1.165) is 34.6 Å². The maximum atomic E-state index is 12.8. The Bertz CT molecular complexity index is 1010. The van der Waals surface area contributed by atoms with E-state index in [2.05, 4.69) is 25.1 Å². The van der Waals surface area contributed by atoms with Gasteiger partial charge in [-0.2, -0.15) is 0 Å². The molecule has 0 spiro atoms. The fourth-order valence-electron chi connectivity index (χ4n) is 3.08. The zero-order valence-corrected chi connectivity index (χ0v) is 19.3. The van der Waals surface area contributed by atoms with Crippen molar-refractivity contribution in [2.75, 3.05) is 18.5 Å². The van der Waals surface area contributed by atoms with E-state index in [-0.39, 0.29) is 11.2 Å². The fourth-order valence-corrected chi connectivity index (χ4v) is 3.95. The molecule has 0 fully saturated rings. The minimum absolute atomic E-state index is 0.0620. The molecule has 1 atom stereocenters. The second-order valence-electron chi connectivity index (χ2n) is 7.31. The van der Waals surface area contributed by atoms with E-state index in [1.165, 1.54) is 11.8 Å². The van der Waals surface area contributed by atoms with Crippen LogP contribution in [0.25, 0.3) is 11.4 Å². The number of hydrogen-bond donors (Lipinski definition) is 1. The highest BCUT2D eigenvalue weighted by molar-refractivity contribution is 8.00. The van der Waals surface area contributed by atoms with E-state index in [9.17, 15) is 4.79 Å². The summed E-state index contributed by atoms with van der Waals surface area (Å²) >= 11 is 1.41. The normalized spacial score (nSPS) is 12.0. The van der Waals surface area contributed by atoms with Crippen LogP contribution in [0.4, 0.5) is 5.69 Å². The maximum Gasteiger partial charge on any atom is 0.237 e. The predicted octanol–water partition coefficient (Wildman–Crippen LogP) is 4.50. The first-order chi connectivity index (χ1) is 15.0. The summed E-state index contributed by atoms with van der Waals surface area (Å²) in [5.41, 5.74) is 3.93. The van der Waals surface area contributed by atoms with Crippen molar-refractivity contribution >= 4 is 23.4 Å². The molecular weight excluding hydrogens is 410 g/mol. The molecule has 1 amide bonds. The molecule has 1 N–H and O–H groups in total. The Labute approximate surface area is 187 Å². The summed E-state index contributed by atoms with van der Waals surface area (Å²) in [4.78, 5) is 16.9. The highest BCUT2D eigenvalue weighted by atomic mass is 32.2. The molecule has 8 heteroatoms. The van der Waals surface area contributed by atoms with E-state index < -0.39 is 0 Å². The largest absolute Gasteiger partial charge is 0.382 e. The number of aryl methyl sites for hydroxylation is 2. The summed E-state index contributed by atoms with van der Waals surface area (Å²) < 4.78 is 7.54. The first-order valence-corrected chi connectivity index (χ1v) is 11.3. The van der Waals surface area contributed by atoms with E-state index in [1.807, 2.05) is 58.0 Å². The second-order valence-corrected chi connectivity index (χ2v) is 8.62. The van der Waals surface area contributed by atoms with E-state index in [0.29, 0.717) is 24.9 Å². The minimum Gasteiger partial charge on any atom is -0.382 e. The van der Waals surface area contributed by atoms with Gasteiger partial charge in [0.15, 0.2) is 11.0 Å². The number of hydrogen-bond acceptors (Lipinski definition) is 6. The molecule has 1 aromatic carbocycles. The number of pyridine rings is 1. The van der Waals surface area contributed by atoms with Crippen LogP contribution < -0.4 is 5.32 Å². The highest BCUT2D eigenvalue weighted by Gasteiger charge is 2.21. The van der Waals surface area contributed by atoms with Crippen LogP contribution in [0.3, 0.4) is 0 Å². The predicted molar refractivity (Wildman–Crippen MR) is 124 cm³/mol. The molecule has 2 aromatic heterocycles. The molecule has 0 saturated carbocycles. The Morgan fingerprint density at radius 2 is 1.97 bits per heavy atom. The average Bonchev–Trinajstić information content (AvgIpc) is 3.16. The third-order valence-electron chi connectivity index (χ3n) is 4.83. The van der Waals surface area contributed by atoms with Crippen molar-refractivity contribution in [1.29, 1.82) is 0 Å². The van der Waals surface area contributed by atoms with Gasteiger partial charge < -0.3 is 14.6 Å². The second kappa shape index (κ2) is 11.1. The van der Waals surface area contributed by atoms with Gasteiger partial charge in [-0.25, -0.2) is 0 Å². The van der Waals surface area contributed by atoms with Crippen molar-refractivity contribution < 1.29 is 9.53 Å². The Morgan fingerprint density at radius 1 is 1.19 bits per heavy atom. The summed E-state index contributed by atoms with van der Waals surface area (Å²) in [6.07, 6.45) is 4.31. The lowest BCUT2D eigenvalue weighted by molar-refractivity contribution is -0.115. The van der Waals surface area contributed by atoms with Crippen molar-refractivity contribution in [2.45, 2.75) is 51.1 Å². The van der Waals surface area contributed by atoms with Crippen molar-refractivity contribution in [3.8, 4) is 11.4 Å². The quantitative estimate of drug-likeness (QED) is 0.370. The maximum absolute atomic E-state index is 12.8. The van der Waals surface area contributed by atoms with Crippen LogP contribution in [0.2, 0.25) is 0 Å². The summed E-state index contributed by atoms with van der Waals surface area (Å²) in [6.45, 7) is 9.93. The summed E-state index contributed by atoms with van der Waals surface area (Å²) in [6, 6.07) is 9.86. The van der Waals surface area contributed by atoms with Gasteiger partial charge in [0.25, 0.3) is 0 Å². The monoisotopic (exact) mass is 439 g/mol. The van der Waals surface area contributed by atoms with E-state index in [4.69, 9.17) is 4.74 Å². The van der Waals surface area contributed by atoms with Crippen molar-refractivity contribution in [2.24, 2.45) is 0 Å². The molecule has 0 saturated heterocycles. The summed E-state index contributed by atoms with van der Waals surface area (Å²) in [7, 11) is 0. The molecule has 7 nitrogen and oxygen atoms in total. The lowest BCUT2D eigenvalue weighted by Crippen LogP contribution is -2.23. The topological polar surface area (TPSA) is 81.9 Å². The first-order valence-electron chi connectivity index (χ1n) is 10.5. The first kappa shape index (κ1) is 23.0. The average molecular weight is 440 g/mol. The van der Waals surface area contributed by atoms with E-state index >= 15 is 0 Å². The number of carbonyl (C=O) groups is 1. The van der Waals surface area contributed by atoms with Gasteiger partial charge in [0.1, 0.15) is 0 Å². The van der Waals surface area contributed by atoms with Crippen molar-refractivity contribution in [1.82, 2.24) is 19.7 Å². The molecule has 0 aliphatic rings. The zero-order valence-electron chi connectivity index (χ0n) is 18.5. The summed E-state index contributed by atoms with van der Waals surface area (Å²) in [5, 5.41) is 12.2. The van der Waals surface area contributed by atoms with Gasteiger partial charge in [0, 0.05) is 43.4 Å². The molecule has 0 unspecified atom stereocenters. The van der Waals surface area contributed by atoms with Gasteiger partial charge in [0.05, 0.1) is 5.25 Å². The molecule has 31 heavy (non-hydrogen) atoms. The Balaban J connectivity index is 1.76. The number of nitrogens with one attached hydrogen (secondary N) is 1. The van der Waals surface area contributed by atoms with Crippen LogP contribution in [0.15, 0.2) is 47.9 Å². The Kier molecular flexibility index (Phi) is 8.20. The Morgan fingerprint density at radius 3 is 2.71 bits per heavy atom. The zero-order chi connectivity index (χ0) is 22.2. The number of ether oxygens (including phenoxy) is 1. The van der Waals surface area contributed by atoms with Crippen LogP contribution in [-0.4, -0.2) is 44.1 Å². The number of benzene rings is 1. The number of aromatic nitrogens is 4. The molecule has 0 aliphatic heterocycles. The van der Waals surface area contributed by atoms with Gasteiger partial charge >= 0.3 is 0 Å². The lowest BCUT2D eigenvalue weighted by Gasteiger charge is -2.15. The fraction of sp³-hybridized carbons (Fsp3) is 0.391. The number of amides is 1. The van der Waals surface area contributed by atoms with Gasteiger partial charge in [-0.05, 0) is 63.4 Å². The molecule has 0 aliphatic carbocycles. The van der Waals surface area contributed by atoms with Crippen LogP contribution in [-0.2, 0) is 16.1 Å². The molecule has 0 bridgehead atoms. The van der Waals surface area contributed by atoms with Crippen LogP contribution >= 0.6 is 11.8 Å². The van der Waals surface area contributed by atoms with Crippen molar-refractivity contribution in [3.63, 3.8) is 0 Å². The lowest BCUT2D eigenvalue weighted by atomic mass is 10.1. The molecule has 2 heterocycles. The smallest absolute Gasteiger partial charge is 0.237 e. The number of rotatable bonds is 10. The van der Waals surface area contributed by atoms with Gasteiger partial charge in [0.2, 0.25) is 5.91 Å². The number of thioether (sulfide) groups is 1. The van der Waals surface area contributed by atoms with Gasteiger partial charge in [-0.1, -0.05) is 23.9 Å². The van der Waals surface area contributed by atoms with Gasteiger partial charge in [-0.15, -0.1) is 10.2 Å². The van der Waals surface area contributed by atoms with Crippen LogP contribution in [0.5, 0.6) is 0 Å². The molecule has 3 rings (SSSR count). The Hall–Kier alpha value is -2.71. The van der Waals surface area contributed by atoms with Crippen LogP contribution in [0, 0.1) is 13.8 Å². The number of carbonyl (C=O) groups excluding carboxylic acids is 1. The molecule has 164 valence electrons. The standard InChI is InChI=1S/C23H29N5O2S/c1-5-30-14-6-13-28-21(19-9-11-24-12-10-19)26-27-23(28)31-18(4)22(29)25-20-15-16(2)7-8-17(20)3/h7-12,15,18H,5-6,13-14H2,1-4H3,(H,25,29)/t18-/m1/s1. The van der Waals surface area contributed by atoms with Crippen molar-refractivity contribution in [3.05, 3.63) is 53.9 Å².